The van der Waals surface area contributed by atoms with Crippen LogP contribution in [-0.4, -0.2) is 37.4 Å². The highest BCUT2D eigenvalue weighted by Crippen LogP contribution is 2.50. The Morgan fingerprint density at radius 3 is 2.27 bits per heavy atom. The first-order chi connectivity index (χ1) is 14.2. The number of halogens is 1. The van der Waals surface area contributed by atoms with E-state index >= 15 is 0 Å². The minimum Gasteiger partial charge on any atom is -0.347 e. The summed E-state index contributed by atoms with van der Waals surface area (Å²) in [5.41, 5.74) is 6.07. The molecule has 30 heavy (non-hydrogen) atoms. The first kappa shape index (κ1) is 22.5. The highest BCUT2D eigenvalue weighted by atomic mass is 19.1. The lowest BCUT2D eigenvalue weighted by Crippen LogP contribution is -2.44. The molecular weight excluding hydrogens is 384 g/mol. The van der Waals surface area contributed by atoms with Crippen LogP contribution in [0.15, 0.2) is 18.2 Å². The van der Waals surface area contributed by atoms with Gasteiger partial charge in [0.05, 0.1) is 23.5 Å². The summed E-state index contributed by atoms with van der Waals surface area (Å²) in [4.78, 5) is 36.1. The van der Waals surface area contributed by atoms with Crippen molar-refractivity contribution in [3.8, 4) is 0 Å². The van der Waals surface area contributed by atoms with Gasteiger partial charge in [-0.05, 0) is 61.1 Å². The van der Waals surface area contributed by atoms with Crippen molar-refractivity contribution in [1.29, 1.82) is 0 Å². The second-order valence-electron chi connectivity index (χ2n) is 8.60. The van der Waals surface area contributed by atoms with Crippen LogP contribution in [-0.2, 0) is 14.4 Å². The summed E-state index contributed by atoms with van der Waals surface area (Å²) in [5.74, 6) is -0.654. The predicted molar refractivity (Wildman–Crippen MR) is 113 cm³/mol. The molecule has 2 saturated carbocycles. The maximum absolute atomic E-state index is 14.7. The van der Waals surface area contributed by atoms with Gasteiger partial charge < -0.3 is 21.2 Å². The number of rotatable bonds is 10. The van der Waals surface area contributed by atoms with Gasteiger partial charge in [0.25, 0.3) is 0 Å². The lowest BCUT2D eigenvalue weighted by atomic mass is 9.83. The summed E-state index contributed by atoms with van der Waals surface area (Å²) in [5, 5.41) is 5.18. The van der Waals surface area contributed by atoms with Crippen LogP contribution in [0.1, 0.15) is 57.4 Å². The van der Waals surface area contributed by atoms with E-state index in [0.29, 0.717) is 17.4 Å². The summed E-state index contributed by atoms with van der Waals surface area (Å²) in [6, 6.07) is 2.71. The fourth-order valence-corrected chi connectivity index (χ4v) is 4.15. The quantitative estimate of drug-likeness (QED) is 0.512. The molecule has 0 spiro atoms. The second kappa shape index (κ2) is 9.29. The Morgan fingerprint density at radius 1 is 1.20 bits per heavy atom. The van der Waals surface area contributed by atoms with Crippen molar-refractivity contribution in [1.82, 2.24) is 5.32 Å². The summed E-state index contributed by atoms with van der Waals surface area (Å²) in [6.07, 6.45) is 4.65. The normalized spacial score (nSPS) is 19.1. The van der Waals surface area contributed by atoms with E-state index in [0.717, 1.165) is 25.7 Å². The van der Waals surface area contributed by atoms with Crippen LogP contribution in [0.5, 0.6) is 0 Å². The van der Waals surface area contributed by atoms with E-state index in [-0.39, 0.29) is 29.8 Å². The molecule has 6 nitrogen and oxygen atoms in total. The first-order valence-corrected chi connectivity index (χ1v) is 10.7. The van der Waals surface area contributed by atoms with E-state index in [9.17, 15) is 18.8 Å². The second-order valence-corrected chi connectivity index (χ2v) is 8.60. The Hall–Kier alpha value is -2.22. The maximum Gasteiger partial charge on any atom is 0.241 e. The van der Waals surface area contributed by atoms with Crippen molar-refractivity contribution >= 4 is 31.0 Å². The van der Waals surface area contributed by atoms with Crippen LogP contribution in [0.3, 0.4) is 0 Å². The molecule has 8 heteroatoms. The average Bonchev–Trinajstić information content (AvgIpc) is 3.61. The molecule has 3 rings (SSSR count). The molecule has 2 fully saturated rings. The number of nitrogens with two attached hydrogens (primary N) is 1. The molecule has 0 aliphatic heterocycles. The van der Waals surface area contributed by atoms with Gasteiger partial charge in [-0.2, -0.15) is 0 Å². The van der Waals surface area contributed by atoms with Gasteiger partial charge in [-0.1, -0.05) is 19.9 Å². The molecular formula is C22H29BFN3O3. The minimum atomic E-state index is -0.955. The third-order valence-corrected chi connectivity index (χ3v) is 6.27. The molecule has 2 radical (unpaired) electrons. The van der Waals surface area contributed by atoms with Gasteiger partial charge in [0.15, 0.2) is 7.85 Å². The number of nitrogens with one attached hydrogen (secondary N) is 2. The van der Waals surface area contributed by atoms with Crippen molar-refractivity contribution in [3.63, 3.8) is 0 Å². The number of hydrogen-bond acceptors (Lipinski definition) is 4. The summed E-state index contributed by atoms with van der Waals surface area (Å²) < 4.78 is 14.7. The van der Waals surface area contributed by atoms with E-state index in [2.05, 4.69) is 10.6 Å². The van der Waals surface area contributed by atoms with E-state index in [1.54, 1.807) is 19.9 Å². The van der Waals surface area contributed by atoms with Crippen molar-refractivity contribution in [3.05, 3.63) is 29.6 Å². The number of carbonyl (C=O) groups excluding carboxylic acids is 3. The molecule has 2 aliphatic carbocycles. The SMILES string of the molecule is [B]C(=O)[C@H](NC(=O)CC)[C@@H](C)c1ccc(NC(=O)[C@@H](N)C(C2CC2)C2CC2)c(F)c1. The highest BCUT2D eigenvalue weighted by Gasteiger charge is 2.46. The van der Waals surface area contributed by atoms with Crippen LogP contribution in [0.2, 0.25) is 0 Å². The van der Waals surface area contributed by atoms with Crippen molar-refractivity contribution < 1.29 is 18.8 Å². The molecule has 3 atom stereocenters. The molecule has 0 heterocycles. The number of benzene rings is 1. The topological polar surface area (TPSA) is 101 Å². The zero-order valence-electron chi connectivity index (χ0n) is 17.5. The molecule has 1 aromatic carbocycles. The minimum absolute atomic E-state index is 0.0463. The molecule has 0 saturated heterocycles. The van der Waals surface area contributed by atoms with E-state index in [1.165, 1.54) is 12.1 Å². The Bertz CT molecular complexity index is 814. The van der Waals surface area contributed by atoms with Crippen molar-refractivity contribution in [2.45, 2.75) is 64.0 Å². The number of anilines is 1. The van der Waals surface area contributed by atoms with E-state index < -0.39 is 29.5 Å². The standard InChI is InChI=1S/C22H29BFN3O3/c1-3-17(28)27-20(21(23)29)11(2)14-8-9-16(15(24)10-14)26-22(30)19(25)18(12-4-5-12)13-6-7-13/h8-13,18-20H,3-7,25H2,1-2H3,(H,26,30)(H,27,28)/t11-,19-,20+/m0/s1. The fraction of sp³-hybridized carbons (Fsp3) is 0.591. The van der Waals surface area contributed by atoms with Gasteiger partial charge in [-0.15, -0.1) is 0 Å². The van der Waals surface area contributed by atoms with Gasteiger partial charge in [0.1, 0.15) is 5.82 Å². The number of amides is 2. The van der Waals surface area contributed by atoms with Crippen LogP contribution in [0.25, 0.3) is 0 Å². The lowest BCUT2D eigenvalue weighted by Gasteiger charge is -2.25. The van der Waals surface area contributed by atoms with Gasteiger partial charge in [-0.25, -0.2) is 4.39 Å². The van der Waals surface area contributed by atoms with Crippen LogP contribution in [0.4, 0.5) is 10.1 Å². The zero-order valence-corrected chi connectivity index (χ0v) is 17.5. The molecule has 4 N–H and O–H groups in total. The number of hydrogen-bond donors (Lipinski definition) is 3. The Kier molecular flexibility index (Phi) is 6.96. The summed E-state index contributed by atoms with van der Waals surface area (Å²) in [6.45, 7) is 3.35. The molecule has 1 aromatic rings. The van der Waals surface area contributed by atoms with Crippen molar-refractivity contribution in [2.24, 2.45) is 23.5 Å². The highest BCUT2D eigenvalue weighted by molar-refractivity contribution is 6.59. The smallest absolute Gasteiger partial charge is 0.241 e. The molecule has 0 bridgehead atoms. The van der Waals surface area contributed by atoms with E-state index in [4.69, 9.17) is 13.6 Å². The molecule has 2 amide bonds. The number of carbonyl (C=O) groups is 3. The monoisotopic (exact) mass is 413 g/mol. The van der Waals surface area contributed by atoms with E-state index in [1.807, 2.05) is 0 Å². The van der Waals surface area contributed by atoms with Gasteiger partial charge in [-0.3, -0.25) is 9.59 Å². The van der Waals surface area contributed by atoms with Crippen LogP contribution in [0, 0.1) is 23.6 Å². The molecule has 0 unspecified atom stereocenters. The van der Waals surface area contributed by atoms with Crippen LogP contribution < -0.4 is 16.4 Å². The third kappa shape index (κ3) is 5.28. The Balaban J connectivity index is 1.68. The van der Waals surface area contributed by atoms with Crippen molar-refractivity contribution in [2.75, 3.05) is 5.32 Å². The summed E-state index contributed by atoms with van der Waals surface area (Å²) in [7, 11) is 5.41. The van der Waals surface area contributed by atoms with Crippen LogP contribution >= 0.6 is 0 Å². The Morgan fingerprint density at radius 2 is 1.80 bits per heavy atom. The lowest BCUT2D eigenvalue weighted by molar-refractivity contribution is -0.125. The van der Waals surface area contributed by atoms with Gasteiger partial charge in [0, 0.05) is 12.3 Å². The van der Waals surface area contributed by atoms with Gasteiger partial charge in [0.2, 0.25) is 11.8 Å². The maximum atomic E-state index is 14.7. The largest absolute Gasteiger partial charge is 0.347 e. The Labute approximate surface area is 178 Å². The first-order valence-electron chi connectivity index (χ1n) is 10.7. The molecule has 0 aromatic heterocycles. The summed E-state index contributed by atoms with van der Waals surface area (Å²) >= 11 is 0. The molecule has 2 aliphatic rings. The zero-order chi connectivity index (χ0) is 22.0. The van der Waals surface area contributed by atoms with Gasteiger partial charge >= 0.3 is 0 Å². The average molecular weight is 413 g/mol. The third-order valence-electron chi connectivity index (χ3n) is 6.27. The fourth-order valence-electron chi connectivity index (χ4n) is 4.15. The molecule has 160 valence electrons. The predicted octanol–water partition coefficient (Wildman–Crippen LogP) is 2.22.